The van der Waals surface area contributed by atoms with Crippen LogP contribution in [0.15, 0.2) is 42.6 Å². The molecule has 0 aliphatic heterocycles. The molecule has 8 heteroatoms. The number of pyridine rings is 1. The highest BCUT2D eigenvalue weighted by atomic mass is 19.4. The van der Waals surface area contributed by atoms with Gasteiger partial charge in [-0.05, 0) is 11.6 Å². The molecule has 0 aliphatic rings. The summed E-state index contributed by atoms with van der Waals surface area (Å²) in [4.78, 5) is 13.1. The lowest BCUT2D eigenvalue weighted by molar-refractivity contribution is -0.384. The smallest absolute Gasteiger partial charge is 0.375 e. The summed E-state index contributed by atoms with van der Waals surface area (Å²) in [6.45, 7) is 0.170. The number of nitrogens with zero attached hydrogens (tertiary/aromatic N) is 2. The van der Waals surface area contributed by atoms with E-state index in [1.807, 2.05) is 0 Å². The standard InChI is InChI=1S/C13H10F3N3O2/c14-13(15,16)12-6-10(11(8-18-12)19(20)21)17-7-9-4-2-1-3-5-9/h1-6,8H,7H2,(H,17,18). The van der Waals surface area contributed by atoms with Crippen molar-refractivity contribution in [2.45, 2.75) is 12.7 Å². The van der Waals surface area contributed by atoms with Crippen molar-refractivity contribution >= 4 is 11.4 Å². The lowest BCUT2D eigenvalue weighted by atomic mass is 10.2. The first kappa shape index (κ1) is 14.8. The van der Waals surface area contributed by atoms with Crippen LogP contribution in [0.1, 0.15) is 11.3 Å². The van der Waals surface area contributed by atoms with E-state index < -0.39 is 22.5 Å². The Morgan fingerprint density at radius 2 is 1.90 bits per heavy atom. The van der Waals surface area contributed by atoms with Crippen LogP contribution >= 0.6 is 0 Å². The van der Waals surface area contributed by atoms with Crippen molar-refractivity contribution in [3.63, 3.8) is 0 Å². The Hall–Kier alpha value is -2.64. The molecule has 0 fully saturated rings. The van der Waals surface area contributed by atoms with E-state index in [-0.39, 0.29) is 12.2 Å². The van der Waals surface area contributed by atoms with Crippen molar-refractivity contribution < 1.29 is 18.1 Å². The molecule has 0 radical (unpaired) electrons. The number of halogens is 3. The van der Waals surface area contributed by atoms with Gasteiger partial charge in [-0.3, -0.25) is 10.1 Å². The second kappa shape index (κ2) is 5.78. The minimum absolute atomic E-state index is 0.170. The van der Waals surface area contributed by atoms with Crippen molar-refractivity contribution in [3.8, 4) is 0 Å². The van der Waals surface area contributed by atoms with Crippen molar-refractivity contribution in [1.29, 1.82) is 0 Å². The molecule has 0 saturated carbocycles. The number of hydrogen-bond acceptors (Lipinski definition) is 4. The van der Waals surface area contributed by atoms with E-state index in [0.717, 1.165) is 5.56 Å². The number of anilines is 1. The summed E-state index contributed by atoms with van der Waals surface area (Å²) >= 11 is 0. The van der Waals surface area contributed by atoms with Gasteiger partial charge in [-0.2, -0.15) is 13.2 Å². The fourth-order valence-corrected chi connectivity index (χ4v) is 1.68. The lowest BCUT2D eigenvalue weighted by Crippen LogP contribution is -2.10. The van der Waals surface area contributed by atoms with Crippen molar-refractivity contribution in [2.75, 3.05) is 5.32 Å². The summed E-state index contributed by atoms with van der Waals surface area (Å²) in [6.07, 6.45) is -4.05. The first-order valence-corrected chi connectivity index (χ1v) is 5.87. The molecule has 2 rings (SSSR count). The van der Waals surface area contributed by atoms with Gasteiger partial charge in [0.05, 0.1) is 4.92 Å². The van der Waals surface area contributed by atoms with Crippen LogP contribution in [0.25, 0.3) is 0 Å². The van der Waals surface area contributed by atoms with E-state index in [1.54, 1.807) is 30.3 Å². The Labute approximate surface area is 117 Å². The van der Waals surface area contributed by atoms with E-state index in [9.17, 15) is 23.3 Å². The highest BCUT2D eigenvalue weighted by Crippen LogP contribution is 2.33. The zero-order valence-electron chi connectivity index (χ0n) is 10.6. The van der Waals surface area contributed by atoms with Gasteiger partial charge in [0, 0.05) is 6.54 Å². The molecule has 1 heterocycles. The second-order valence-electron chi connectivity index (χ2n) is 4.18. The summed E-state index contributed by atoms with van der Waals surface area (Å²) in [7, 11) is 0. The predicted octanol–water partition coefficient (Wildman–Crippen LogP) is 3.62. The predicted molar refractivity (Wildman–Crippen MR) is 69.7 cm³/mol. The van der Waals surface area contributed by atoms with Crippen molar-refractivity contribution in [2.24, 2.45) is 0 Å². The van der Waals surface area contributed by atoms with E-state index in [1.165, 1.54) is 0 Å². The molecule has 5 nitrogen and oxygen atoms in total. The normalized spacial score (nSPS) is 11.2. The van der Waals surface area contributed by atoms with Crippen LogP contribution in [-0.2, 0) is 12.7 Å². The van der Waals surface area contributed by atoms with E-state index >= 15 is 0 Å². The quantitative estimate of drug-likeness (QED) is 0.691. The number of hydrogen-bond donors (Lipinski definition) is 1. The lowest BCUT2D eigenvalue weighted by Gasteiger charge is -2.10. The molecule has 0 unspecified atom stereocenters. The number of aromatic nitrogens is 1. The molecule has 0 amide bonds. The van der Waals surface area contributed by atoms with Gasteiger partial charge >= 0.3 is 11.9 Å². The van der Waals surface area contributed by atoms with Crippen molar-refractivity contribution in [1.82, 2.24) is 4.98 Å². The molecule has 0 atom stereocenters. The van der Waals surface area contributed by atoms with Crippen molar-refractivity contribution in [3.05, 3.63) is 64.0 Å². The van der Waals surface area contributed by atoms with Crippen LogP contribution in [0.4, 0.5) is 24.5 Å². The fraction of sp³-hybridized carbons (Fsp3) is 0.154. The molecule has 0 spiro atoms. The maximum absolute atomic E-state index is 12.6. The minimum Gasteiger partial charge on any atom is -0.375 e. The molecule has 1 aromatic carbocycles. The van der Waals surface area contributed by atoms with Crippen LogP contribution in [0.3, 0.4) is 0 Å². The first-order valence-electron chi connectivity index (χ1n) is 5.87. The van der Waals surface area contributed by atoms with Gasteiger partial charge in [0.2, 0.25) is 0 Å². The zero-order chi connectivity index (χ0) is 15.5. The number of benzene rings is 1. The summed E-state index contributed by atoms with van der Waals surface area (Å²) < 4.78 is 37.8. The molecule has 21 heavy (non-hydrogen) atoms. The SMILES string of the molecule is O=[N+]([O-])c1cnc(C(F)(F)F)cc1NCc1ccccc1. The van der Waals surface area contributed by atoms with Crippen LogP contribution in [-0.4, -0.2) is 9.91 Å². The Kier molecular flexibility index (Phi) is 4.06. The van der Waals surface area contributed by atoms with Crippen LogP contribution in [0, 0.1) is 10.1 Å². The van der Waals surface area contributed by atoms with Gasteiger partial charge in [-0.25, -0.2) is 4.98 Å². The number of alkyl halides is 3. The fourth-order valence-electron chi connectivity index (χ4n) is 1.68. The molecule has 1 N–H and O–H groups in total. The summed E-state index contributed by atoms with van der Waals surface area (Å²) in [5, 5.41) is 13.5. The van der Waals surface area contributed by atoms with Crippen LogP contribution < -0.4 is 5.32 Å². The van der Waals surface area contributed by atoms with Gasteiger partial charge in [-0.15, -0.1) is 0 Å². The summed E-state index contributed by atoms with van der Waals surface area (Å²) in [6, 6.07) is 9.47. The van der Waals surface area contributed by atoms with Gasteiger partial charge in [-0.1, -0.05) is 30.3 Å². The van der Waals surface area contributed by atoms with Gasteiger partial charge < -0.3 is 5.32 Å². The minimum atomic E-state index is -4.65. The molecule has 0 bridgehead atoms. The molecule has 0 saturated heterocycles. The number of nitrogens with one attached hydrogen (secondary N) is 1. The maximum Gasteiger partial charge on any atom is 0.433 e. The third kappa shape index (κ3) is 3.68. The highest BCUT2D eigenvalue weighted by molar-refractivity contribution is 5.61. The molecule has 1 aromatic heterocycles. The largest absolute Gasteiger partial charge is 0.433 e. The third-order valence-corrected chi connectivity index (χ3v) is 2.70. The molecular weight excluding hydrogens is 287 g/mol. The Morgan fingerprint density at radius 3 is 2.48 bits per heavy atom. The van der Waals surface area contributed by atoms with Gasteiger partial charge in [0.25, 0.3) is 0 Å². The topological polar surface area (TPSA) is 68.1 Å². The van der Waals surface area contributed by atoms with E-state index in [0.29, 0.717) is 12.3 Å². The number of nitro groups is 1. The van der Waals surface area contributed by atoms with Crippen LogP contribution in [0.5, 0.6) is 0 Å². The monoisotopic (exact) mass is 297 g/mol. The van der Waals surface area contributed by atoms with E-state index in [2.05, 4.69) is 10.3 Å². The highest BCUT2D eigenvalue weighted by Gasteiger charge is 2.34. The van der Waals surface area contributed by atoms with E-state index in [4.69, 9.17) is 0 Å². The molecule has 0 aliphatic carbocycles. The molecular formula is C13H10F3N3O2. The zero-order valence-corrected chi connectivity index (χ0v) is 10.6. The Bertz CT molecular complexity index is 645. The average Bonchev–Trinajstić information content (AvgIpc) is 2.45. The first-order chi connectivity index (χ1) is 9.88. The van der Waals surface area contributed by atoms with Gasteiger partial charge in [0.15, 0.2) is 0 Å². The van der Waals surface area contributed by atoms with Gasteiger partial charge in [0.1, 0.15) is 17.6 Å². The molecule has 2 aromatic rings. The second-order valence-corrected chi connectivity index (χ2v) is 4.18. The Balaban J connectivity index is 2.29. The Morgan fingerprint density at radius 1 is 1.24 bits per heavy atom. The maximum atomic E-state index is 12.6. The summed E-state index contributed by atoms with van der Waals surface area (Å²) in [5.41, 5.74) is -1.11. The summed E-state index contributed by atoms with van der Waals surface area (Å²) in [5.74, 6) is 0. The third-order valence-electron chi connectivity index (χ3n) is 2.70. The number of rotatable bonds is 4. The molecule has 110 valence electrons. The van der Waals surface area contributed by atoms with Crippen LogP contribution in [0.2, 0.25) is 0 Å². The average molecular weight is 297 g/mol.